The number of ether oxygens (including phenoxy) is 4. The van der Waals surface area contributed by atoms with Crippen LogP contribution in [-0.2, 0) is 65.4 Å². The predicted octanol–water partition coefficient (Wildman–Crippen LogP) is 18.8. The molecule has 3 N–H and O–H groups in total. The first kappa shape index (κ1) is 84.1. The molecule has 4 unspecified atom stereocenters. The Kier molecular flexibility index (Phi) is 58.0. The van der Waals surface area contributed by atoms with Crippen molar-refractivity contribution in [2.75, 3.05) is 39.6 Å². The minimum atomic E-state index is -4.95. The van der Waals surface area contributed by atoms with E-state index in [0.29, 0.717) is 25.7 Å². The van der Waals surface area contributed by atoms with Crippen LogP contribution in [0.3, 0.4) is 0 Å². The van der Waals surface area contributed by atoms with Crippen molar-refractivity contribution in [3.63, 3.8) is 0 Å². The largest absolute Gasteiger partial charge is 0.472 e. The summed E-state index contributed by atoms with van der Waals surface area (Å²) < 4.78 is 67.7. The number of hydrogen-bond acceptors (Lipinski definition) is 15. The maximum absolute atomic E-state index is 13.0. The molecule has 7 atom stereocenters. The number of aliphatic hydroxyl groups is 1. The lowest BCUT2D eigenvalue weighted by atomic mass is 9.99. The maximum Gasteiger partial charge on any atom is 0.472 e. The van der Waals surface area contributed by atoms with Crippen molar-refractivity contribution in [2.45, 2.75) is 355 Å². The smallest absolute Gasteiger partial charge is 0.462 e. The molecule has 510 valence electrons. The van der Waals surface area contributed by atoms with Gasteiger partial charge in [-0.25, -0.2) is 9.13 Å². The van der Waals surface area contributed by atoms with Gasteiger partial charge in [0, 0.05) is 25.7 Å². The van der Waals surface area contributed by atoms with Gasteiger partial charge in [-0.2, -0.15) is 0 Å². The van der Waals surface area contributed by atoms with Crippen molar-refractivity contribution < 1.29 is 80.2 Å². The van der Waals surface area contributed by atoms with Crippen LogP contribution >= 0.6 is 15.6 Å². The number of phosphoric acid groups is 2. The van der Waals surface area contributed by atoms with Crippen LogP contribution in [0.5, 0.6) is 0 Å². The standard InChI is InChI=1S/C67H130O17P2/c1-7-11-13-35-43-49-64(69)77-55-62(83-66(71)51-45-36-14-12-8-2)57-81-85(73,74)79-53-61(68)54-80-86(75,76)82-58-63(84-67(72)52-46-40-34-30-26-22-18-16-20-24-28-32-38-42-48-60(6)10-4)56-78-65(70)50-44-39-33-29-25-21-17-15-19-23-27-31-37-41-47-59(5)9-3/h59-63,68H,7-58H2,1-6H3,(H,73,74)(H,75,76)/t59?,60?,61-,62+,63+/m0/s1. The molecule has 0 fully saturated rings. The van der Waals surface area contributed by atoms with Gasteiger partial charge in [-0.15, -0.1) is 0 Å². The summed E-state index contributed by atoms with van der Waals surface area (Å²) in [4.78, 5) is 71.8. The van der Waals surface area contributed by atoms with Crippen molar-refractivity contribution in [1.82, 2.24) is 0 Å². The second kappa shape index (κ2) is 59.4. The van der Waals surface area contributed by atoms with Crippen LogP contribution in [-0.4, -0.2) is 96.7 Å². The number of aliphatic hydroxyl groups excluding tert-OH is 1. The van der Waals surface area contributed by atoms with Crippen molar-refractivity contribution in [2.24, 2.45) is 11.8 Å². The second-order valence-corrected chi connectivity index (χ2v) is 27.6. The van der Waals surface area contributed by atoms with Gasteiger partial charge in [-0.1, -0.05) is 286 Å². The molecule has 0 aromatic carbocycles. The van der Waals surface area contributed by atoms with Crippen molar-refractivity contribution in [3.05, 3.63) is 0 Å². The van der Waals surface area contributed by atoms with Crippen LogP contribution in [0.2, 0.25) is 0 Å². The monoisotopic (exact) mass is 1270 g/mol. The van der Waals surface area contributed by atoms with Gasteiger partial charge in [-0.05, 0) is 37.5 Å². The Labute approximate surface area is 524 Å². The molecule has 0 radical (unpaired) electrons. The number of hydrogen-bond donors (Lipinski definition) is 3. The summed E-state index contributed by atoms with van der Waals surface area (Å²) in [7, 11) is -9.87. The molecular formula is C67H130O17P2. The van der Waals surface area contributed by atoms with Crippen molar-refractivity contribution >= 4 is 39.5 Å². The van der Waals surface area contributed by atoms with Gasteiger partial charge in [0.15, 0.2) is 12.2 Å². The predicted molar refractivity (Wildman–Crippen MR) is 345 cm³/mol. The maximum atomic E-state index is 13.0. The molecule has 19 heteroatoms. The molecule has 0 amide bonds. The number of rotatable bonds is 66. The van der Waals surface area contributed by atoms with Crippen LogP contribution in [0.15, 0.2) is 0 Å². The summed E-state index contributed by atoms with van der Waals surface area (Å²) in [6.07, 6.45) is 43.8. The van der Waals surface area contributed by atoms with Crippen LogP contribution < -0.4 is 0 Å². The molecule has 17 nitrogen and oxygen atoms in total. The molecule has 0 aliphatic heterocycles. The van der Waals surface area contributed by atoms with Gasteiger partial charge in [0.1, 0.15) is 19.3 Å². The second-order valence-electron chi connectivity index (χ2n) is 24.7. The highest BCUT2D eigenvalue weighted by molar-refractivity contribution is 7.47. The minimum absolute atomic E-state index is 0.0988. The molecule has 0 aliphatic carbocycles. The Morgan fingerprint density at radius 1 is 0.326 bits per heavy atom. The summed E-state index contributed by atoms with van der Waals surface area (Å²) in [5, 5.41) is 10.5. The van der Waals surface area contributed by atoms with E-state index in [1.165, 1.54) is 148 Å². The van der Waals surface area contributed by atoms with Crippen LogP contribution in [0.4, 0.5) is 0 Å². The Morgan fingerprint density at radius 3 is 0.826 bits per heavy atom. The van der Waals surface area contributed by atoms with E-state index in [1.54, 1.807) is 0 Å². The number of carbonyl (C=O) groups excluding carboxylic acids is 4. The van der Waals surface area contributed by atoms with Gasteiger partial charge >= 0.3 is 39.5 Å². The Balaban J connectivity index is 5.08. The van der Waals surface area contributed by atoms with E-state index in [-0.39, 0.29) is 25.7 Å². The molecule has 0 bridgehead atoms. The van der Waals surface area contributed by atoms with Crippen LogP contribution in [0, 0.1) is 11.8 Å². The highest BCUT2D eigenvalue weighted by Gasteiger charge is 2.30. The molecule has 0 saturated carbocycles. The quantitative estimate of drug-likeness (QED) is 0.0222. The molecule has 0 spiro atoms. The summed E-state index contributed by atoms with van der Waals surface area (Å²) in [6, 6.07) is 0. The average Bonchev–Trinajstić information content (AvgIpc) is 3.62. The SMILES string of the molecule is CCCCCCCC(=O)OC[C@H](COP(=O)(O)OC[C@H](O)COP(=O)(O)OC[C@@H](COC(=O)CCCCCCCCCCCCCCCCC(C)CC)OC(=O)CCCCCCCCCCCCCCCCC(C)CC)OC(=O)CCCCCCC. The zero-order chi connectivity index (χ0) is 63.6. The third-order valence-corrected chi connectivity index (χ3v) is 18.1. The topological polar surface area (TPSA) is 237 Å². The fraction of sp³-hybridized carbons (Fsp3) is 0.940. The highest BCUT2D eigenvalue weighted by Crippen LogP contribution is 2.45. The van der Waals surface area contributed by atoms with Gasteiger partial charge in [0.2, 0.25) is 0 Å². The highest BCUT2D eigenvalue weighted by atomic mass is 31.2. The van der Waals surface area contributed by atoms with E-state index in [0.717, 1.165) is 108 Å². The fourth-order valence-electron chi connectivity index (χ4n) is 10.00. The molecule has 0 aromatic heterocycles. The Hall–Kier alpha value is -1.94. The summed E-state index contributed by atoms with van der Waals surface area (Å²) in [5.74, 6) is -0.456. The summed E-state index contributed by atoms with van der Waals surface area (Å²) in [5.41, 5.74) is 0. The summed E-state index contributed by atoms with van der Waals surface area (Å²) >= 11 is 0. The first-order chi connectivity index (χ1) is 41.4. The van der Waals surface area contributed by atoms with E-state index >= 15 is 0 Å². The Morgan fingerprint density at radius 2 is 0.558 bits per heavy atom. The molecule has 0 aliphatic rings. The van der Waals surface area contributed by atoms with E-state index in [2.05, 4.69) is 41.5 Å². The average molecular weight is 1270 g/mol. The van der Waals surface area contributed by atoms with Gasteiger partial charge in [0.05, 0.1) is 26.4 Å². The minimum Gasteiger partial charge on any atom is -0.462 e. The number of phosphoric ester groups is 2. The van der Waals surface area contributed by atoms with Gasteiger partial charge < -0.3 is 33.8 Å². The summed E-state index contributed by atoms with van der Waals surface area (Å²) in [6.45, 7) is 9.45. The van der Waals surface area contributed by atoms with E-state index < -0.39 is 97.5 Å². The zero-order valence-electron chi connectivity index (χ0n) is 55.6. The molecule has 0 saturated heterocycles. The molecule has 86 heavy (non-hydrogen) atoms. The van der Waals surface area contributed by atoms with Gasteiger partial charge in [-0.3, -0.25) is 37.3 Å². The van der Waals surface area contributed by atoms with E-state index in [4.69, 9.17) is 37.0 Å². The fourth-order valence-corrected chi connectivity index (χ4v) is 11.6. The van der Waals surface area contributed by atoms with E-state index in [1.807, 2.05) is 0 Å². The third-order valence-electron chi connectivity index (χ3n) is 16.2. The molecule has 0 heterocycles. The first-order valence-corrected chi connectivity index (χ1v) is 38.1. The van der Waals surface area contributed by atoms with Gasteiger partial charge in [0.25, 0.3) is 0 Å². The Bertz CT molecular complexity index is 1690. The first-order valence-electron chi connectivity index (χ1n) is 35.1. The normalized spacial score (nSPS) is 14.8. The lowest BCUT2D eigenvalue weighted by Crippen LogP contribution is -2.30. The lowest BCUT2D eigenvalue weighted by Gasteiger charge is -2.21. The molecular weight excluding hydrogens is 1140 g/mol. The van der Waals surface area contributed by atoms with Crippen molar-refractivity contribution in [3.8, 4) is 0 Å². The number of unbranched alkanes of at least 4 members (excludes halogenated alkanes) is 34. The zero-order valence-corrected chi connectivity index (χ0v) is 57.4. The third kappa shape index (κ3) is 58.4. The van der Waals surface area contributed by atoms with Crippen molar-refractivity contribution in [1.29, 1.82) is 0 Å². The lowest BCUT2D eigenvalue weighted by molar-refractivity contribution is -0.161. The van der Waals surface area contributed by atoms with Crippen LogP contribution in [0.1, 0.15) is 337 Å². The number of esters is 4. The molecule has 0 aromatic rings. The van der Waals surface area contributed by atoms with Crippen LogP contribution in [0.25, 0.3) is 0 Å². The van der Waals surface area contributed by atoms with E-state index in [9.17, 15) is 43.2 Å². The number of carbonyl (C=O) groups is 4. The molecule has 0 rings (SSSR count).